The molecule has 2 rings (SSSR count). The van der Waals surface area contributed by atoms with E-state index in [4.69, 9.17) is 4.74 Å². The third-order valence-electron chi connectivity index (χ3n) is 2.31. The quantitative estimate of drug-likeness (QED) is 0.814. The first-order chi connectivity index (χ1) is 7.59. The van der Waals surface area contributed by atoms with Crippen molar-refractivity contribution in [3.8, 4) is 17.2 Å². The Morgan fingerprint density at radius 1 is 1.00 bits per heavy atom. The second-order valence-corrected chi connectivity index (χ2v) is 3.96. The average Bonchev–Trinajstić information content (AvgIpc) is 2.22. The highest BCUT2D eigenvalue weighted by Crippen LogP contribution is 2.40. The zero-order valence-corrected chi connectivity index (χ0v) is 9.27. The number of aromatic hydroxyl groups is 2. The Morgan fingerprint density at radius 3 is 2.44 bits per heavy atom. The van der Waals surface area contributed by atoms with Crippen LogP contribution in [0.15, 0.2) is 30.3 Å². The first kappa shape index (κ1) is 10.6. The fraction of sp³-hybridized carbons (Fsp3) is 0.231. The maximum Gasteiger partial charge on any atom is 0.172 e. The summed E-state index contributed by atoms with van der Waals surface area (Å²) in [6, 6.07) is 8.52. The van der Waals surface area contributed by atoms with Gasteiger partial charge >= 0.3 is 0 Å². The second kappa shape index (κ2) is 3.93. The summed E-state index contributed by atoms with van der Waals surface area (Å²) < 4.78 is 5.53. The molecule has 16 heavy (non-hydrogen) atoms. The topological polar surface area (TPSA) is 49.7 Å². The first-order valence-corrected chi connectivity index (χ1v) is 5.20. The molecule has 84 valence electrons. The molecular weight excluding hydrogens is 204 g/mol. The van der Waals surface area contributed by atoms with Gasteiger partial charge in [-0.2, -0.15) is 0 Å². The van der Waals surface area contributed by atoms with Crippen LogP contribution in [0.3, 0.4) is 0 Å². The first-order valence-electron chi connectivity index (χ1n) is 5.20. The largest absolute Gasteiger partial charge is 0.507 e. The Morgan fingerprint density at radius 2 is 1.75 bits per heavy atom. The van der Waals surface area contributed by atoms with Crippen LogP contribution < -0.4 is 4.74 Å². The zero-order valence-electron chi connectivity index (χ0n) is 9.27. The lowest BCUT2D eigenvalue weighted by Gasteiger charge is -2.14. The molecule has 0 amide bonds. The van der Waals surface area contributed by atoms with Crippen molar-refractivity contribution in [1.82, 2.24) is 0 Å². The van der Waals surface area contributed by atoms with Gasteiger partial charge in [-0.3, -0.25) is 0 Å². The Balaban J connectivity index is 2.72. The van der Waals surface area contributed by atoms with Crippen molar-refractivity contribution in [3.05, 3.63) is 30.3 Å². The van der Waals surface area contributed by atoms with Gasteiger partial charge in [0.1, 0.15) is 5.75 Å². The summed E-state index contributed by atoms with van der Waals surface area (Å²) in [5.41, 5.74) is 0. The standard InChI is InChI=1S/C13H14O3/c1-8(2)16-13-11(15)7-6-9-4-3-5-10(14)12(9)13/h3-8,14-15H,1-2H3. The van der Waals surface area contributed by atoms with E-state index in [9.17, 15) is 10.2 Å². The average molecular weight is 218 g/mol. The predicted molar refractivity (Wildman–Crippen MR) is 63.0 cm³/mol. The molecule has 0 bridgehead atoms. The fourth-order valence-corrected chi connectivity index (χ4v) is 1.67. The molecule has 2 N–H and O–H groups in total. The molecule has 0 fully saturated rings. The fourth-order valence-electron chi connectivity index (χ4n) is 1.67. The second-order valence-electron chi connectivity index (χ2n) is 3.96. The van der Waals surface area contributed by atoms with Gasteiger partial charge in [-0.25, -0.2) is 0 Å². The third-order valence-corrected chi connectivity index (χ3v) is 2.31. The van der Waals surface area contributed by atoms with E-state index < -0.39 is 0 Å². The van der Waals surface area contributed by atoms with Crippen LogP contribution in [0.1, 0.15) is 13.8 Å². The minimum absolute atomic E-state index is 0.0442. The lowest BCUT2D eigenvalue weighted by molar-refractivity contribution is 0.234. The van der Waals surface area contributed by atoms with Crippen molar-refractivity contribution in [2.45, 2.75) is 20.0 Å². The maximum absolute atomic E-state index is 9.80. The van der Waals surface area contributed by atoms with Crippen molar-refractivity contribution >= 4 is 10.8 Å². The van der Waals surface area contributed by atoms with Gasteiger partial charge in [0.05, 0.1) is 11.5 Å². The highest BCUT2D eigenvalue weighted by atomic mass is 16.5. The Labute approximate surface area is 93.9 Å². The van der Waals surface area contributed by atoms with Crippen LogP contribution in [0.25, 0.3) is 10.8 Å². The van der Waals surface area contributed by atoms with Crippen LogP contribution in [0, 0.1) is 0 Å². The highest BCUT2D eigenvalue weighted by Gasteiger charge is 2.12. The smallest absolute Gasteiger partial charge is 0.172 e. The van der Waals surface area contributed by atoms with E-state index in [1.807, 2.05) is 19.9 Å². The van der Waals surface area contributed by atoms with Crippen LogP contribution in [0.5, 0.6) is 17.2 Å². The van der Waals surface area contributed by atoms with Gasteiger partial charge in [-0.1, -0.05) is 18.2 Å². The summed E-state index contributed by atoms with van der Waals surface area (Å²) in [4.78, 5) is 0. The Kier molecular flexibility index (Phi) is 2.60. The molecule has 0 heterocycles. The molecule has 0 aliphatic rings. The molecule has 3 nitrogen and oxygen atoms in total. The van der Waals surface area contributed by atoms with Gasteiger partial charge in [0.25, 0.3) is 0 Å². The molecule has 0 saturated heterocycles. The molecule has 0 unspecified atom stereocenters. The summed E-state index contributed by atoms with van der Waals surface area (Å²) in [5, 5.41) is 20.9. The molecule has 0 saturated carbocycles. The van der Waals surface area contributed by atoms with Gasteiger partial charge in [-0.05, 0) is 31.4 Å². The molecular formula is C13H14O3. The highest BCUT2D eigenvalue weighted by molar-refractivity contribution is 5.95. The number of fused-ring (bicyclic) bond motifs is 1. The van der Waals surface area contributed by atoms with Crippen LogP contribution in [0.4, 0.5) is 0 Å². The van der Waals surface area contributed by atoms with E-state index >= 15 is 0 Å². The molecule has 0 spiro atoms. The normalized spacial score (nSPS) is 10.9. The number of phenolic OH excluding ortho intramolecular Hbond substituents is 2. The Hall–Kier alpha value is -1.90. The molecule has 0 radical (unpaired) electrons. The van der Waals surface area contributed by atoms with Crippen LogP contribution in [-0.4, -0.2) is 16.3 Å². The minimum Gasteiger partial charge on any atom is -0.507 e. The van der Waals surface area contributed by atoms with Gasteiger partial charge in [0, 0.05) is 0 Å². The Bertz CT molecular complexity index is 518. The molecule has 2 aromatic carbocycles. The van der Waals surface area contributed by atoms with Crippen molar-refractivity contribution < 1.29 is 14.9 Å². The summed E-state index contributed by atoms with van der Waals surface area (Å²) in [5.74, 6) is 0.498. The summed E-state index contributed by atoms with van der Waals surface area (Å²) in [7, 11) is 0. The summed E-state index contributed by atoms with van der Waals surface area (Å²) >= 11 is 0. The van der Waals surface area contributed by atoms with E-state index in [1.165, 1.54) is 0 Å². The lowest BCUT2D eigenvalue weighted by Crippen LogP contribution is -2.06. The zero-order chi connectivity index (χ0) is 11.7. The van der Waals surface area contributed by atoms with Crippen LogP contribution >= 0.6 is 0 Å². The predicted octanol–water partition coefficient (Wildman–Crippen LogP) is 3.04. The van der Waals surface area contributed by atoms with Crippen molar-refractivity contribution in [1.29, 1.82) is 0 Å². The van der Waals surface area contributed by atoms with Crippen LogP contribution in [-0.2, 0) is 0 Å². The van der Waals surface area contributed by atoms with Gasteiger partial charge < -0.3 is 14.9 Å². The van der Waals surface area contributed by atoms with Crippen molar-refractivity contribution in [2.75, 3.05) is 0 Å². The van der Waals surface area contributed by atoms with E-state index in [0.29, 0.717) is 11.1 Å². The van der Waals surface area contributed by atoms with E-state index in [1.54, 1.807) is 24.3 Å². The lowest BCUT2D eigenvalue weighted by atomic mass is 10.1. The molecule has 0 aliphatic carbocycles. The number of ether oxygens (including phenoxy) is 1. The van der Waals surface area contributed by atoms with E-state index in [-0.39, 0.29) is 17.6 Å². The number of hydrogen-bond donors (Lipinski definition) is 2. The maximum atomic E-state index is 9.80. The number of rotatable bonds is 2. The summed E-state index contributed by atoms with van der Waals surface area (Å²) in [6.07, 6.45) is -0.0592. The molecule has 3 heteroatoms. The number of benzene rings is 2. The molecule has 0 aliphatic heterocycles. The molecule has 0 atom stereocenters. The minimum atomic E-state index is -0.0592. The monoisotopic (exact) mass is 218 g/mol. The molecule has 2 aromatic rings. The van der Waals surface area contributed by atoms with Gasteiger partial charge in [0.15, 0.2) is 11.5 Å². The number of phenols is 2. The van der Waals surface area contributed by atoms with E-state index in [2.05, 4.69) is 0 Å². The number of hydrogen-bond acceptors (Lipinski definition) is 3. The van der Waals surface area contributed by atoms with Gasteiger partial charge in [0.2, 0.25) is 0 Å². The molecule has 0 aromatic heterocycles. The van der Waals surface area contributed by atoms with Crippen LogP contribution in [0.2, 0.25) is 0 Å². The van der Waals surface area contributed by atoms with Gasteiger partial charge in [-0.15, -0.1) is 0 Å². The van der Waals surface area contributed by atoms with E-state index in [0.717, 1.165) is 5.39 Å². The third kappa shape index (κ3) is 1.76. The summed E-state index contributed by atoms with van der Waals surface area (Å²) in [6.45, 7) is 3.75. The van der Waals surface area contributed by atoms with Crippen molar-refractivity contribution in [3.63, 3.8) is 0 Å². The SMILES string of the molecule is CC(C)Oc1c(O)ccc2cccc(O)c12. The van der Waals surface area contributed by atoms with Crippen molar-refractivity contribution in [2.24, 2.45) is 0 Å².